The van der Waals surface area contributed by atoms with Crippen LogP contribution in [0.3, 0.4) is 0 Å². The van der Waals surface area contributed by atoms with E-state index in [9.17, 15) is 26.0 Å². The first-order chi connectivity index (χ1) is 18.8. The van der Waals surface area contributed by atoms with Gasteiger partial charge in [0.05, 0.1) is 23.0 Å². The second-order valence-electron chi connectivity index (χ2n) is 10.4. The minimum Gasteiger partial charge on any atom is -0.348 e. The van der Waals surface area contributed by atoms with Crippen LogP contribution in [0.5, 0.6) is 0 Å². The van der Waals surface area contributed by atoms with Crippen LogP contribution in [0.4, 0.5) is 23.5 Å². The molecule has 4 heterocycles. The summed E-state index contributed by atoms with van der Waals surface area (Å²) in [5, 5.41) is 3.15. The Morgan fingerprint density at radius 2 is 1.93 bits per heavy atom. The van der Waals surface area contributed by atoms with Crippen LogP contribution in [-0.2, 0) is 22.7 Å². The Morgan fingerprint density at radius 3 is 2.55 bits per heavy atom. The molecule has 0 bridgehead atoms. The molecule has 15 heteroatoms. The van der Waals surface area contributed by atoms with Crippen LogP contribution in [0.1, 0.15) is 24.5 Å². The van der Waals surface area contributed by atoms with E-state index in [4.69, 9.17) is 11.6 Å². The van der Waals surface area contributed by atoms with Crippen molar-refractivity contribution in [3.63, 3.8) is 0 Å². The molecule has 0 aliphatic carbocycles. The topological polar surface area (TPSA) is 96.3 Å². The van der Waals surface area contributed by atoms with Crippen LogP contribution in [-0.4, -0.2) is 81.8 Å². The molecule has 40 heavy (non-hydrogen) atoms. The van der Waals surface area contributed by atoms with Crippen LogP contribution in [0, 0.1) is 5.92 Å². The molecule has 0 radical (unpaired) electrons. The minimum atomic E-state index is -4.77. The van der Waals surface area contributed by atoms with Crippen molar-refractivity contribution < 1.29 is 26.0 Å². The number of nitrogens with zero attached hydrogens (tertiary/aromatic N) is 6. The van der Waals surface area contributed by atoms with E-state index in [1.165, 1.54) is 17.1 Å². The second kappa shape index (κ2) is 10.9. The van der Waals surface area contributed by atoms with Gasteiger partial charge in [-0.1, -0.05) is 24.6 Å². The quantitative estimate of drug-likeness (QED) is 0.405. The molecule has 0 spiro atoms. The van der Waals surface area contributed by atoms with Crippen molar-refractivity contribution in [1.82, 2.24) is 28.7 Å². The number of alkyl halides is 4. The van der Waals surface area contributed by atoms with E-state index in [2.05, 4.69) is 32.1 Å². The summed E-state index contributed by atoms with van der Waals surface area (Å²) in [6.45, 7) is 4.68. The van der Waals surface area contributed by atoms with E-state index in [1.54, 1.807) is 6.07 Å². The molecular weight excluding hydrogens is 574 g/mol. The third-order valence-electron chi connectivity index (χ3n) is 7.04. The average molecular weight is 602 g/mol. The Balaban J connectivity index is 1.38. The first-order valence-electron chi connectivity index (χ1n) is 12.6. The summed E-state index contributed by atoms with van der Waals surface area (Å²) in [6.07, 6.45) is -1.92. The monoisotopic (exact) mass is 601 g/mol. The minimum absolute atomic E-state index is 0.0610. The van der Waals surface area contributed by atoms with Crippen LogP contribution in [0.2, 0.25) is 5.02 Å². The fourth-order valence-electron chi connectivity index (χ4n) is 5.01. The van der Waals surface area contributed by atoms with E-state index in [0.717, 1.165) is 35.8 Å². The summed E-state index contributed by atoms with van der Waals surface area (Å²) in [5.74, 6) is 0.449. The fourth-order valence-corrected chi connectivity index (χ4v) is 6.16. The number of benzene rings is 1. The van der Waals surface area contributed by atoms with E-state index < -0.39 is 39.7 Å². The molecule has 1 aromatic carbocycles. The van der Waals surface area contributed by atoms with Gasteiger partial charge in [-0.25, -0.2) is 27.8 Å². The third kappa shape index (κ3) is 6.24. The molecule has 2 saturated heterocycles. The highest BCUT2D eigenvalue weighted by atomic mass is 35.5. The van der Waals surface area contributed by atoms with Gasteiger partial charge < -0.3 is 9.88 Å². The Kier molecular flexibility index (Phi) is 7.81. The van der Waals surface area contributed by atoms with Crippen molar-refractivity contribution in [2.75, 3.05) is 37.8 Å². The van der Waals surface area contributed by atoms with Crippen LogP contribution < -0.4 is 5.32 Å². The number of halogens is 5. The van der Waals surface area contributed by atoms with E-state index in [1.807, 2.05) is 12.1 Å². The maximum atomic E-state index is 14.7. The first kappa shape index (κ1) is 28.7. The van der Waals surface area contributed by atoms with Gasteiger partial charge in [0.1, 0.15) is 29.5 Å². The molecular formula is C25H28ClF4N7O2S. The molecule has 0 amide bonds. The molecule has 2 aliphatic heterocycles. The molecule has 2 aromatic heterocycles. The highest BCUT2D eigenvalue weighted by Gasteiger charge is 2.37. The summed E-state index contributed by atoms with van der Waals surface area (Å²) >= 11 is 6.52. The van der Waals surface area contributed by atoms with Crippen molar-refractivity contribution in [1.29, 1.82) is 0 Å². The van der Waals surface area contributed by atoms with Crippen molar-refractivity contribution in [3.05, 3.63) is 53.1 Å². The van der Waals surface area contributed by atoms with Gasteiger partial charge in [-0.2, -0.15) is 17.5 Å². The van der Waals surface area contributed by atoms with E-state index >= 15 is 0 Å². The molecule has 0 saturated carbocycles. The number of imidazole rings is 1. The maximum Gasteiger partial charge on any atom is 0.420 e. The van der Waals surface area contributed by atoms with Crippen LogP contribution in [0.15, 0.2) is 36.9 Å². The Morgan fingerprint density at radius 1 is 1.18 bits per heavy atom. The number of aromatic nitrogens is 4. The van der Waals surface area contributed by atoms with Crippen molar-refractivity contribution in [2.24, 2.45) is 5.92 Å². The lowest BCUT2D eigenvalue weighted by Crippen LogP contribution is -2.49. The van der Waals surface area contributed by atoms with Crippen LogP contribution >= 0.6 is 11.6 Å². The predicted molar refractivity (Wildman–Crippen MR) is 142 cm³/mol. The summed E-state index contributed by atoms with van der Waals surface area (Å²) in [6, 6.07) is 4.65. The molecule has 3 aromatic rings. The summed E-state index contributed by atoms with van der Waals surface area (Å²) in [7, 11) is -3.57. The molecule has 2 atom stereocenters. The van der Waals surface area contributed by atoms with E-state index in [0.29, 0.717) is 22.8 Å². The van der Waals surface area contributed by atoms with Gasteiger partial charge >= 0.3 is 6.18 Å². The van der Waals surface area contributed by atoms with Gasteiger partial charge in [-0.15, -0.1) is 0 Å². The fraction of sp³-hybridized carbons (Fsp3) is 0.480. The Labute approximate surface area is 234 Å². The van der Waals surface area contributed by atoms with E-state index in [-0.39, 0.29) is 31.2 Å². The van der Waals surface area contributed by atoms with Gasteiger partial charge in [0.2, 0.25) is 16.0 Å². The van der Waals surface area contributed by atoms with Crippen molar-refractivity contribution in [2.45, 2.75) is 38.3 Å². The number of piperidine rings is 1. The Bertz CT molecular complexity index is 1490. The Hall–Kier alpha value is -2.81. The molecule has 1 N–H and O–H groups in total. The lowest BCUT2D eigenvalue weighted by atomic mass is 10.0. The highest BCUT2D eigenvalue weighted by Crippen LogP contribution is 2.36. The first-order valence-corrected chi connectivity index (χ1v) is 14.9. The smallest absolute Gasteiger partial charge is 0.348 e. The molecule has 216 valence electrons. The normalized spacial score (nSPS) is 21.4. The zero-order valence-electron chi connectivity index (χ0n) is 21.7. The number of hydrogen-bond donors (Lipinski definition) is 1. The number of likely N-dealkylation sites (tertiary alicyclic amines) is 1. The summed E-state index contributed by atoms with van der Waals surface area (Å²) in [5.41, 5.74) is -0.0822. The van der Waals surface area contributed by atoms with Crippen molar-refractivity contribution >= 4 is 27.6 Å². The number of hydrogen-bond acceptors (Lipinski definition) is 7. The number of rotatable bonds is 7. The molecule has 5 rings (SSSR count). The van der Waals surface area contributed by atoms with Gasteiger partial charge in [0.15, 0.2) is 0 Å². The summed E-state index contributed by atoms with van der Waals surface area (Å²) < 4.78 is 82.3. The largest absolute Gasteiger partial charge is 0.420 e. The third-order valence-corrected chi connectivity index (χ3v) is 8.62. The van der Waals surface area contributed by atoms with Crippen molar-refractivity contribution in [3.8, 4) is 17.1 Å². The van der Waals surface area contributed by atoms with Gasteiger partial charge in [0, 0.05) is 45.1 Å². The number of nitrogens with one attached hydrogen (secondary N) is 1. The number of anilines is 1. The molecule has 2 aliphatic rings. The SMILES string of the molecule is CC1CN(Cc2ccc(-n3cnc(-c4nc(N[C@H]5CCN(S(C)(=O)=O)C[C@H]5F)ncc4C(F)(F)F)c3)c(Cl)c2)C1. The summed E-state index contributed by atoms with van der Waals surface area (Å²) in [4.78, 5) is 14.3. The zero-order valence-corrected chi connectivity index (χ0v) is 23.3. The zero-order chi connectivity index (χ0) is 28.8. The van der Waals surface area contributed by atoms with Crippen LogP contribution in [0.25, 0.3) is 17.1 Å². The standard InChI is InChI=1S/C25H28ClF4N7O2S/c1-15-9-35(10-15)11-16-3-4-22(18(26)7-16)36-13-21(32-14-36)23-17(25(28,29)30)8-31-24(34-23)33-20-5-6-37(12-19(20)27)40(2,38)39/h3-4,7-8,13-15,19-20H,5-6,9-12H2,1-2H3,(H,31,33,34)/t19-,20+/m1/s1. The van der Waals surface area contributed by atoms with Gasteiger partial charge in [0.25, 0.3) is 0 Å². The van der Waals surface area contributed by atoms with Gasteiger partial charge in [-0.05, 0) is 30.0 Å². The second-order valence-corrected chi connectivity index (χ2v) is 12.8. The predicted octanol–water partition coefficient (Wildman–Crippen LogP) is 4.24. The molecule has 0 unspecified atom stereocenters. The maximum absolute atomic E-state index is 14.7. The number of sulfonamides is 1. The van der Waals surface area contributed by atoms with Gasteiger partial charge in [-0.3, -0.25) is 4.90 Å². The molecule has 9 nitrogen and oxygen atoms in total. The molecule has 2 fully saturated rings. The average Bonchev–Trinajstić information content (AvgIpc) is 3.33. The highest BCUT2D eigenvalue weighted by molar-refractivity contribution is 7.88. The lowest BCUT2D eigenvalue weighted by Gasteiger charge is -2.37. The lowest BCUT2D eigenvalue weighted by molar-refractivity contribution is -0.137.